The van der Waals surface area contributed by atoms with E-state index in [2.05, 4.69) is 27.7 Å². The van der Waals surface area contributed by atoms with E-state index in [0.717, 1.165) is 49.7 Å². The van der Waals surface area contributed by atoms with E-state index in [-0.39, 0.29) is 6.61 Å². The van der Waals surface area contributed by atoms with Crippen molar-refractivity contribution in [2.75, 3.05) is 26.2 Å². The fourth-order valence-electron chi connectivity index (χ4n) is 3.83. The van der Waals surface area contributed by atoms with Gasteiger partial charge in [-0.2, -0.15) is 0 Å². The minimum Gasteiger partial charge on any atom is -0.467 e. The second-order valence-electron chi connectivity index (χ2n) is 6.90. The van der Waals surface area contributed by atoms with Gasteiger partial charge in [-0.3, -0.25) is 0 Å². The maximum Gasteiger partial charge on any atom is 0.123 e. The molecule has 0 bridgehead atoms. The molecule has 4 rings (SSSR count). The number of imidazole rings is 1. The SMILES string of the molecule is OCCN1CCC(Cc2nc3ccccc3n2Cc2ccco2)CC1. The number of furan rings is 1. The molecule has 1 N–H and O–H groups in total. The van der Waals surface area contributed by atoms with Gasteiger partial charge in [0, 0.05) is 13.0 Å². The van der Waals surface area contributed by atoms with Gasteiger partial charge in [0.2, 0.25) is 0 Å². The van der Waals surface area contributed by atoms with E-state index in [1.165, 1.54) is 18.4 Å². The fourth-order valence-corrected chi connectivity index (χ4v) is 3.83. The number of aliphatic hydroxyl groups is 1. The predicted octanol–water partition coefficient (Wildman–Crippen LogP) is 2.92. The number of nitrogens with zero attached hydrogens (tertiary/aromatic N) is 3. The van der Waals surface area contributed by atoms with E-state index in [1.54, 1.807) is 6.26 Å². The number of aliphatic hydroxyl groups excluding tert-OH is 1. The van der Waals surface area contributed by atoms with Crippen molar-refractivity contribution in [1.29, 1.82) is 0 Å². The quantitative estimate of drug-likeness (QED) is 0.750. The van der Waals surface area contributed by atoms with E-state index in [1.807, 2.05) is 18.2 Å². The first-order valence-electron chi connectivity index (χ1n) is 9.13. The number of likely N-dealkylation sites (tertiary alicyclic amines) is 1. The summed E-state index contributed by atoms with van der Waals surface area (Å²) in [7, 11) is 0. The zero-order valence-corrected chi connectivity index (χ0v) is 14.5. The number of fused-ring (bicyclic) bond motifs is 1. The summed E-state index contributed by atoms with van der Waals surface area (Å²) in [5.41, 5.74) is 2.23. The lowest BCUT2D eigenvalue weighted by Gasteiger charge is -2.31. The van der Waals surface area contributed by atoms with Gasteiger partial charge < -0.3 is 19.0 Å². The molecular formula is C20H25N3O2. The third-order valence-electron chi connectivity index (χ3n) is 5.22. The molecule has 1 aliphatic rings. The average molecular weight is 339 g/mol. The molecule has 1 aliphatic heterocycles. The molecule has 132 valence electrons. The summed E-state index contributed by atoms with van der Waals surface area (Å²) in [5, 5.41) is 9.10. The molecule has 0 spiro atoms. The summed E-state index contributed by atoms with van der Waals surface area (Å²) in [4.78, 5) is 7.26. The second kappa shape index (κ2) is 7.42. The van der Waals surface area contributed by atoms with Crippen LogP contribution in [0.2, 0.25) is 0 Å². The Kier molecular flexibility index (Phi) is 4.85. The third-order valence-corrected chi connectivity index (χ3v) is 5.22. The molecule has 0 unspecified atom stereocenters. The number of aromatic nitrogens is 2. The molecule has 3 aromatic rings. The lowest BCUT2D eigenvalue weighted by Crippen LogP contribution is -2.36. The van der Waals surface area contributed by atoms with Crippen LogP contribution in [0.3, 0.4) is 0 Å². The van der Waals surface area contributed by atoms with Crippen molar-refractivity contribution in [3.63, 3.8) is 0 Å². The van der Waals surface area contributed by atoms with Gasteiger partial charge in [-0.05, 0) is 56.1 Å². The molecule has 1 saturated heterocycles. The van der Waals surface area contributed by atoms with E-state index in [4.69, 9.17) is 14.5 Å². The first-order chi connectivity index (χ1) is 12.3. The van der Waals surface area contributed by atoms with Crippen molar-refractivity contribution in [2.24, 2.45) is 5.92 Å². The Morgan fingerprint density at radius 2 is 1.96 bits per heavy atom. The number of para-hydroxylation sites is 2. The Morgan fingerprint density at radius 3 is 2.72 bits per heavy atom. The number of benzene rings is 1. The maximum absolute atomic E-state index is 9.10. The van der Waals surface area contributed by atoms with Crippen LogP contribution < -0.4 is 0 Å². The van der Waals surface area contributed by atoms with Gasteiger partial charge in [-0.25, -0.2) is 4.98 Å². The van der Waals surface area contributed by atoms with Crippen LogP contribution in [0.25, 0.3) is 11.0 Å². The van der Waals surface area contributed by atoms with Crippen molar-refractivity contribution in [2.45, 2.75) is 25.8 Å². The Hall–Kier alpha value is -2.11. The van der Waals surface area contributed by atoms with Gasteiger partial charge in [0.1, 0.15) is 11.6 Å². The van der Waals surface area contributed by atoms with Crippen molar-refractivity contribution in [3.05, 3.63) is 54.2 Å². The molecule has 2 aromatic heterocycles. The zero-order chi connectivity index (χ0) is 17.1. The third kappa shape index (κ3) is 3.62. The molecule has 3 heterocycles. The van der Waals surface area contributed by atoms with Gasteiger partial charge in [-0.1, -0.05) is 12.1 Å². The predicted molar refractivity (Wildman–Crippen MR) is 97.5 cm³/mol. The van der Waals surface area contributed by atoms with Gasteiger partial charge >= 0.3 is 0 Å². The standard InChI is InChI=1S/C20H25N3O2/c24-12-11-22-9-7-16(8-10-22)14-20-21-18-5-1-2-6-19(18)23(20)15-17-4-3-13-25-17/h1-6,13,16,24H,7-12,14-15H2. The number of hydrogen-bond acceptors (Lipinski definition) is 4. The Morgan fingerprint density at radius 1 is 1.12 bits per heavy atom. The van der Waals surface area contributed by atoms with Crippen LogP contribution in [0.5, 0.6) is 0 Å². The molecule has 0 aliphatic carbocycles. The normalized spacial score (nSPS) is 16.7. The molecule has 25 heavy (non-hydrogen) atoms. The molecule has 5 nitrogen and oxygen atoms in total. The molecule has 1 fully saturated rings. The highest BCUT2D eigenvalue weighted by atomic mass is 16.3. The number of β-amino-alcohol motifs (C(OH)–C–C–N with tert-alkyl or cyclic N) is 1. The fraction of sp³-hybridized carbons (Fsp3) is 0.450. The number of hydrogen-bond donors (Lipinski definition) is 1. The Labute approximate surface area is 147 Å². The van der Waals surface area contributed by atoms with Crippen LogP contribution in [-0.2, 0) is 13.0 Å². The summed E-state index contributed by atoms with van der Waals surface area (Å²) >= 11 is 0. The van der Waals surface area contributed by atoms with Gasteiger partial charge in [0.15, 0.2) is 0 Å². The van der Waals surface area contributed by atoms with E-state index in [9.17, 15) is 0 Å². The zero-order valence-electron chi connectivity index (χ0n) is 14.5. The van der Waals surface area contributed by atoms with Crippen LogP contribution in [0.15, 0.2) is 47.1 Å². The number of rotatable bonds is 6. The van der Waals surface area contributed by atoms with E-state index in [0.29, 0.717) is 5.92 Å². The topological polar surface area (TPSA) is 54.4 Å². The van der Waals surface area contributed by atoms with Crippen molar-refractivity contribution in [3.8, 4) is 0 Å². The molecule has 0 amide bonds. The molecule has 0 radical (unpaired) electrons. The average Bonchev–Trinajstić information content (AvgIpc) is 3.26. The summed E-state index contributed by atoms with van der Waals surface area (Å²) in [6, 6.07) is 12.3. The summed E-state index contributed by atoms with van der Waals surface area (Å²) in [6.07, 6.45) is 5.07. The van der Waals surface area contributed by atoms with Crippen LogP contribution >= 0.6 is 0 Å². The summed E-state index contributed by atoms with van der Waals surface area (Å²) < 4.78 is 7.86. The van der Waals surface area contributed by atoms with Crippen molar-refractivity contribution >= 4 is 11.0 Å². The number of piperidine rings is 1. The van der Waals surface area contributed by atoms with Gasteiger partial charge in [0.25, 0.3) is 0 Å². The minimum atomic E-state index is 0.254. The molecular weight excluding hydrogens is 314 g/mol. The lowest BCUT2D eigenvalue weighted by molar-refractivity contribution is 0.146. The molecule has 1 aromatic carbocycles. The molecule has 5 heteroatoms. The highest BCUT2D eigenvalue weighted by Gasteiger charge is 2.22. The van der Waals surface area contributed by atoms with Crippen LogP contribution in [-0.4, -0.2) is 45.8 Å². The van der Waals surface area contributed by atoms with E-state index < -0.39 is 0 Å². The minimum absolute atomic E-state index is 0.254. The van der Waals surface area contributed by atoms with Crippen LogP contribution in [0.1, 0.15) is 24.4 Å². The summed E-state index contributed by atoms with van der Waals surface area (Å²) in [6.45, 7) is 3.92. The van der Waals surface area contributed by atoms with Crippen molar-refractivity contribution in [1.82, 2.24) is 14.5 Å². The highest BCUT2D eigenvalue weighted by Crippen LogP contribution is 2.25. The smallest absolute Gasteiger partial charge is 0.123 e. The Bertz CT molecular complexity index is 802. The van der Waals surface area contributed by atoms with Crippen LogP contribution in [0.4, 0.5) is 0 Å². The first-order valence-corrected chi connectivity index (χ1v) is 9.13. The Balaban J connectivity index is 1.54. The second-order valence-corrected chi connectivity index (χ2v) is 6.90. The largest absolute Gasteiger partial charge is 0.467 e. The monoisotopic (exact) mass is 339 g/mol. The van der Waals surface area contributed by atoms with Gasteiger partial charge in [0.05, 0.1) is 30.4 Å². The molecule has 0 saturated carbocycles. The lowest BCUT2D eigenvalue weighted by atomic mass is 9.93. The van der Waals surface area contributed by atoms with Crippen LogP contribution in [0, 0.1) is 5.92 Å². The molecule has 0 atom stereocenters. The maximum atomic E-state index is 9.10. The summed E-state index contributed by atoms with van der Waals surface area (Å²) in [5.74, 6) is 2.77. The highest BCUT2D eigenvalue weighted by molar-refractivity contribution is 5.76. The van der Waals surface area contributed by atoms with Gasteiger partial charge in [-0.15, -0.1) is 0 Å². The van der Waals surface area contributed by atoms with E-state index >= 15 is 0 Å². The first kappa shape index (κ1) is 16.4. The van der Waals surface area contributed by atoms with Crippen molar-refractivity contribution < 1.29 is 9.52 Å².